The van der Waals surface area contributed by atoms with Crippen molar-refractivity contribution in [2.75, 3.05) is 13.1 Å². The quantitative estimate of drug-likeness (QED) is 0.839. The molecule has 2 N–H and O–H groups in total. The van der Waals surface area contributed by atoms with E-state index in [2.05, 4.69) is 15.9 Å². The first-order valence-electron chi connectivity index (χ1n) is 6.03. The maximum absolute atomic E-state index is 13.5. The van der Waals surface area contributed by atoms with Gasteiger partial charge in [-0.2, -0.15) is 0 Å². The Hall–Kier alpha value is -1.01. The highest BCUT2D eigenvalue weighted by Gasteiger charge is 2.27. The summed E-state index contributed by atoms with van der Waals surface area (Å²) in [6, 6.07) is 4.46. The van der Waals surface area contributed by atoms with Crippen LogP contribution in [0.1, 0.15) is 23.2 Å². The zero-order valence-corrected chi connectivity index (χ0v) is 12.6. The summed E-state index contributed by atoms with van der Waals surface area (Å²) < 4.78 is 13.7. The fourth-order valence-electron chi connectivity index (χ4n) is 2.23. The maximum Gasteiger partial charge on any atom is 0.255 e. The Labute approximate surface area is 125 Å². The van der Waals surface area contributed by atoms with Gasteiger partial charge in [-0.3, -0.25) is 4.79 Å². The molecule has 0 saturated carbocycles. The highest BCUT2D eigenvalue weighted by atomic mass is 79.9. The molecule has 1 fully saturated rings. The van der Waals surface area contributed by atoms with Crippen molar-refractivity contribution in [1.82, 2.24) is 4.90 Å². The average molecular weight is 345 g/mol. The number of likely N-dealkylation sites (tertiary alicyclic amines) is 1. The number of amides is 1. The molecule has 0 radical (unpaired) electrons. The molecule has 1 aromatic carbocycles. The molecule has 0 bridgehead atoms. The molecule has 1 aliphatic heterocycles. The monoisotopic (exact) mass is 344 g/mol. The fourth-order valence-corrected chi connectivity index (χ4v) is 2.86. The highest BCUT2D eigenvalue weighted by Crippen LogP contribution is 2.24. The largest absolute Gasteiger partial charge is 0.393 e. The molecule has 1 aliphatic rings. The van der Waals surface area contributed by atoms with Gasteiger partial charge in [0.25, 0.3) is 5.91 Å². The van der Waals surface area contributed by atoms with Crippen LogP contribution < -0.4 is 5.73 Å². The molecule has 1 unspecified atom stereocenters. The molecule has 2 rings (SSSR count). The van der Waals surface area contributed by atoms with Crippen LogP contribution >= 0.6 is 28.1 Å². The van der Waals surface area contributed by atoms with Crippen LogP contribution in [0, 0.1) is 11.7 Å². The molecular formula is C13H14BrFN2OS. The number of piperidine rings is 1. The van der Waals surface area contributed by atoms with Gasteiger partial charge in [-0.25, -0.2) is 4.39 Å². The number of carbonyl (C=O) groups excluding carboxylic acids is 1. The van der Waals surface area contributed by atoms with E-state index < -0.39 is 5.82 Å². The van der Waals surface area contributed by atoms with Gasteiger partial charge in [0, 0.05) is 19.0 Å². The number of thiocarbonyl (C=S) groups is 1. The molecule has 0 aromatic heterocycles. The summed E-state index contributed by atoms with van der Waals surface area (Å²) in [5.74, 6) is -0.568. The molecule has 1 heterocycles. The maximum atomic E-state index is 13.5. The smallest absolute Gasteiger partial charge is 0.255 e. The molecular weight excluding hydrogens is 331 g/mol. The Morgan fingerprint density at radius 2 is 2.26 bits per heavy atom. The summed E-state index contributed by atoms with van der Waals surface area (Å²) in [4.78, 5) is 14.5. The second-order valence-electron chi connectivity index (χ2n) is 4.59. The van der Waals surface area contributed by atoms with Gasteiger partial charge in [0.05, 0.1) is 15.0 Å². The topological polar surface area (TPSA) is 46.3 Å². The summed E-state index contributed by atoms with van der Waals surface area (Å²) in [7, 11) is 0. The van der Waals surface area contributed by atoms with Crippen molar-refractivity contribution < 1.29 is 9.18 Å². The van der Waals surface area contributed by atoms with Crippen LogP contribution in [0.15, 0.2) is 22.7 Å². The van der Waals surface area contributed by atoms with E-state index in [4.69, 9.17) is 18.0 Å². The third-order valence-electron chi connectivity index (χ3n) is 3.29. The summed E-state index contributed by atoms with van der Waals surface area (Å²) in [6.07, 6.45) is 1.77. The van der Waals surface area contributed by atoms with Crippen LogP contribution in [0.2, 0.25) is 0 Å². The van der Waals surface area contributed by atoms with E-state index in [1.54, 1.807) is 11.0 Å². The second-order valence-corrected chi connectivity index (χ2v) is 5.86. The standard InChI is InChI=1S/C13H14BrFN2OS/c14-11-9(4-1-5-10(11)15)13(18)17-6-2-3-8(7-17)12(16)19/h1,4-5,8H,2-3,6-7H2,(H2,16,19). The zero-order chi connectivity index (χ0) is 14.0. The first kappa shape index (κ1) is 14.4. The summed E-state index contributed by atoms with van der Waals surface area (Å²) in [5.41, 5.74) is 5.98. The lowest BCUT2D eigenvalue weighted by molar-refractivity contribution is 0.0702. The SMILES string of the molecule is NC(=S)C1CCCN(C(=O)c2cccc(F)c2Br)C1. The van der Waals surface area contributed by atoms with Crippen molar-refractivity contribution in [3.63, 3.8) is 0 Å². The third-order valence-corrected chi connectivity index (χ3v) is 4.43. The third kappa shape index (κ3) is 3.12. The van der Waals surface area contributed by atoms with E-state index in [1.165, 1.54) is 12.1 Å². The second kappa shape index (κ2) is 5.96. The van der Waals surface area contributed by atoms with Crippen molar-refractivity contribution in [3.05, 3.63) is 34.1 Å². The van der Waals surface area contributed by atoms with Crippen molar-refractivity contribution in [2.45, 2.75) is 12.8 Å². The Morgan fingerprint density at radius 3 is 2.95 bits per heavy atom. The zero-order valence-electron chi connectivity index (χ0n) is 10.2. The van der Waals surface area contributed by atoms with Crippen molar-refractivity contribution >= 4 is 39.0 Å². The number of hydrogen-bond donors (Lipinski definition) is 1. The predicted molar refractivity (Wildman–Crippen MR) is 79.5 cm³/mol. The van der Waals surface area contributed by atoms with Crippen LogP contribution in [0.25, 0.3) is 0 Å². The Morgan fingerprint density at radius 1 is 1.53 bits per heavy atom. The predicted octanol–water partition coefficient (Wildman–Crippen LogP) is 2.73. The number of halogens is 2. The first-order chi connectivity index (χ1) is 9.00. The summed E-state index contributed by atoms with van der Waals surface area (Å²) in [5, 5.41) is 0. The number of benzene rings is 1. The lowest BCUT2D eigenvalue weighted by Gasteiger charge is -2.32. The van der Waals surface area contributed by atoms with Gasteiger partial charge in [0.15, 0.2) is 0 Å². The van der Waals surface area contributed by atoms with Gasteiger partial charge in [-0.1, -0.05) is 18.3 Å². The molecule has 1 aromatic rings. The first-order valence-corrected chi connectivity index (χ1v) is 7.23. The normalized spacial score (nSPS) is 19.3. The van der Waals surface area contributed by atoms with Gasteiger partial charge >= 0.3 is 0 Å². The minimum atomic E-state index is -0.436. The lowest BCUT2D eigenvalue weighted by Crippen LogP contribution is -2.43. The molecule has 1 saturated heterocycles. The van der Waals surface area contributed by atoms with Crippen LogP contribution in [0.5, 0.6) is 0 Å². The Balaban J connectivity index is 2.19. The molecule has 6 heteroatoms. The van der Waals surface area contributed by atoms with Gasteiger partial charge in [-0.15, -0.1) is 0 Å². The fraction of sp³-hybridized carbons (Fsp3) is 0.385. The Kier molecular flexibility index (Phi) is 4.52. The molecule has 0 spiro atoms. The molecule has 1 amide bonds. The van der Waals surface area contributed by atoms with Crippen molar-refractivity contribution in [2.24, 2.45) is 11.7 Å². The van der Waals surface area contributed by atoms with Gasteiger partial charge in [0.2, 0.25) is 0 Å². The molecule has 102 valence electrons. The van der Waals surface area contributed by atoms with E-state index >= 15 is 0 Å². The lowest BCUT2D eigenvalue weighted by atomic mass is 9.97. The average Bonchev–Trinajstić information content (AvgIpc) is 2.41. The summed E-state index contributed by atoms with van der Waals surface area (Å²) >= 11 is 8.11. The van der Waals surface area contributed by atoms with Crippen molar-refractivity contribution in [1.29, 1.82) is 0 Å². The minimum Gasteiger partial charge on any atom is -0.393 e. The number of hydrogen-bond acceptors (Lipinski definition) is 2. The summed E-state index contributed by atoms with van der Waals surface area (Å²) in [6.45, 7) is 1.16. The van der Waals surface area contributed by atoms with Gasteiger partial charge in [0.1, 0.15) is 5.82 Å². The van der Waals surface area contributed by atoms with Crippen LogP contribution in [-0.2, 0) is 0 Å². The number of nitrogens with two attached hydrogens (primary N) is 1. The minimum absolute atomic E-state index is 0.0556. The molecule has 19 heavy (non-hydrogen) atoms. The number of nitrogens with zero attached hydrogens (tertiary/aromatic N) is 1. The van der Waals surface area contributed by atoms with Crippen LogP contribution in [-0.4, -0.2) is 28.9 Å². The van der Waals surface area contributed by atoms with E-state index in [9.17, 15) is 9.18 Å². The highest BCUT2D eigenvalue weighted by molar-refractivity contribution is 9.10. The van der Waals surface area contributed by atoms with Gasteiger partial charge < -0.3 is 10.6 Å². The van der Waals surface area contributed by atoms with Gasteiger partial charge in [-0.05, 0) is 40.9 Å². The van der Waals surface area contributed by atoms with Crippen LogP contribution in [0.3, 0.4) is 0 Å². The van der Waals surface area contributed by atoms with Crippen molar-refractivity contribution in [3.8, 4) is 0 Å². The van der Waals surface area contributed by atoms with E-state index in [0.717, 1.165) is 12.8 Å². The molecule has 3 nitrogen and oxygen atoms in total. The molecule has 1 atom stereocenters. The van der Waals surface area contributed by atoms with E-state index in [0.29, 0.717) is 23.6 Å². The molecule has 0 aliphatic carbocycles. The van der Waals surface area contributed by atoms with Crippen LogP contribution in [0.4, 0.5) is 4.39 Å². The Bertz CT molecular complexity index is 523. The number of rotatable bonds is 2. The van der Waals surface area contributed by atoms with E-state index in [1.807, 2.05) is 0 Å². The van der Waals surface area contributed by atoms with E-state index in [-0.39, 0.29) is 16.3 Å². The number of carbonyl (C=O) groups is 1.